The molecule has 0 saturated carbocycles. The molecule has 1 fully saturated rings. The number of hydrogen-bond acceptors (Lipinski definition) is 7. The molecule has 0 spiro atoms. The van der Waals surface area contributed by atoms with Gasteiger partial charge in [0.2, 0.25) is 21.1 Å². The third kappa shape index (κ3) is 5.31. The monoisotopic (exact) mass is 440 g/mol. The van der Waals surface area contributed by atoms with Crippen LogP contribution in [0.25, 0.3) is 0 Å². The van der Waals surface area contributed by atoms with Crippen LogP contribution in [0.4, 0.5) is 5.13 Å². The maximum absolute atomic E-state index is 12.8. The number of nitrogens with one attached hydrogen (secondary N) is 1. The fourth-order valence-corrected chi connectivity index (χ4v) is 6.16. The first-order valence-electron chi connectivity index (χ1n) is 9.18. The maximum atomic E-state index is 12.8. The van der Waals surface area contributed by atoms with Crippen LogP contribution in [0, 0.1) is 11.8 Å². The van der Waals surface area contributed by atoms with Gasteiger partial charge in [-0.3, -0.25) is 4.79 Å². The molecular weight excluding hydrogens is 416 g/mol. The highest BCUT2D eigenvalue weighted by molar-refractivity contribution is 8.01. The van der Waals surface area contributed by atoms with Gasteiger partial charge in [-0.2, -0.15) is 4.31 Å². The predicted octanol–water partition coefficient (Wildman–Crippen LogP) is 3.33. The quantitative estimate of drug-likeness (QED) is 0.524. The molecule has 0 radical (unpaired) electrons. The highest BCUT2D eigenvalue weighted by Crippen LogP contribution is 2.28. The highest BCUT2D eigenvalue weighted by Gasteiger charge is 2.33. The lowest BCUT2D eigenvalue weighted by Gasteiger charge is -2.31. The lowest BCUT2D eigenvalue weighted by Crippen LogP contribution is -2.43. The number of benzene rings is 1. The summed E-state index contributed by atoms with van der Waals surface area (Å²) in [5, 5.41) is 11.4. The molecule has 1 atom stereocenters. The van der Waals surface area contributed by atoms with Crippen molar-refractivity contribution in [1.82, 2.24) is 14.5 Å². The second-order valence-corrected chi connectivity index (χ2v) is 11.3. The van der Waals surface area contributed by atoms with Crippen molar-refractivity contribution in [3.8, 4) is 0 Å². The van der Waals surface area contributed by atoms with Crippen molar-refractivity contribution in [2.75, 3.05) is 24.2 Å². The van der Waals surface area contributed by atoms with E-state index in [-0.39, 0.29) is 17.3 Å². The van der Waals surface area contributed by atoms with E-state index < -0.39 is 15.9 Å². The van der Waals surface area contributed by atoms with E-state index >= 15 is 0 Å². The molecule has 152 valence electrons. The fraction of sp³-hybridized carbons (Fsp3) is 0.500. The van der Waals surface area contributed by atoms with Gasteiger partial charge >= 0.3 is 0 Å². The van der Waals surface area contributed by atoms with Crippen LogP contribution in [0.15, 0.2) is 39.6 Å². The summed E-state index contributed by atoms with van der Waals surface area (Å²) in [7, 11) is -3.59. The van der Waals surface area contributed by atoms with Crippen molar-refractivity contribution >= 4 is 44.2 Å². The molecule has 7 nitrogen and oxygen atoms in total. The minimum atomic E-state index is -3.59. The Morgan fingerprint density at radius 3 is 2.79 bits per heavy atom. The van der Waals surface area contributed by atoms with Crippen molar-refractivity contribution in [3.05, 3.63) is 30.3 Å². The molecular formula is C18H24N4O3S3. The second-order valence-electron chi connectivity index (χ2n) is 7.08. The third-order valence-corrected chi connectivity index (χ3v) is 8.59. The first-order chi connectivity index (χ1) is 13.4. The Kier molecular flexibility index (Phi) is 7.08. The maximum Gasteiger partial charge on any atom is 0.243 e. The second kappa shape index (κ2) is 9.34. The van der Waals surface area contributed by atoms with Gasteiger partial charge in [-0.25, -0.2) is 8.42 Å². The van der Waals surface area contributed by atoms with E-state index in [0.717, 1.165) is 10.1 Å². The number of anilines is 1. The van der Waals surface area contributed by atoms with E-state index in [2.05, 4.69) is 29.4 Å². The normalized spacial score (nSPS) is 18.3. The van der Waals surface area contributed by atoms with E-state index in [4.69, 9.17) is 0 Å². The van der Waals surface area contributed by atoms with Crippen molar-refractivity contribution in [3.63, 3.8) is 0 Å². The first kappa shape index (κ1) is 21.2. The molecule has 1 aromatic carbocycles. The zero-order chi connectivity index (χ0) is 20.1. The smallest absolute Gasteiger partial charge is 0.243 e. The van der Waals surface area contributed by atoms with Crippen molar-refractivity contribution < 1.29 is 13.2 Å². The lowest BCUT2D eigenvalue weighted by molar-refractivity contribution is -0.120. The summed E-state index contributed by atoms with van der Waals surface area (Å²) in [6.45, 7) is 4.87. The Balaban J connectivity index is 1.62. The average molecular weight is 441 g/mol. The number of sulfonamides is 1. The Morgan fingerprint density at radius 1 is 1.32 bits per heavy atom. The summed E-state index contributed by atoms with van der Waals surface area (Å²) >= 11 is 2.97. The molecule has 2 heterocycles. The van der Waals surface area contributed by atoms with E-state index in [1.165, 1.54) is 15.6 Å². The summed E-state index contributed by atoms with van der Waals surface area (Å²) < 4.78 is 27.9. The van der Waals surface area contributed by atoms with Gasteiger partial charge in [0.1, 0.15) is 0 Å². The van der Waals surface area contributed by atoms with Crippen LogP contribution in [0.1, 0.15) is 26.7 Å². The Morgan fingerprint density at radius 2 is 2.07 bits per heavy atom. The van der Waals surface area contributed by atoms with Crippen molar-refractivity contribution in [2.45, 2.75) is 35.9 Å². The highest BCUT2D eigenvalue weighted by atomic mass is 32.2. The minimum absolute atomic E-state index is 0.177. The van der Waals surface area contributed by atoms with Gasteiger partial charge in [0, 0.05) is 18.8 Å². The number of nitrogens with zero attached hydrogens (tertiary/aromatic N) is 3. The number of carbonyl (C=O) groups excluding carboxylic acids is 1. The number of carbonyl (C=O) groups is 1. The van der Waals surface area contributed by atoms with E-state index in [1.807, 2.05) is 0 Å². The van der Waals surface area contributed by atoms with Crippen LogP contribution in [0.2, 0.25) is 0 Å². The predicted molar refractivity (Wildman–Crippen MR) is 112 cm³/mol. The molecule has 10 heteroatoms. The third-order valence-electron chi connectivity index (χ3n) is 4.31. The van der Waals surface area contributed by atoms with Gasteiger partial charge in [-0.15, -0.1) is 10.2 Å². The molecule has 3 rings (SSSR count). The van der Waals surface area contributed by atoms with Gasteiger partial charge < -0.3 is 5.32 Å². The van der Waals surface area contributed by atoms with Gasteiger partial charge in [0.05, 0.1) is 10.8 Å². The topological polar surface area (TPSA) is 92.3 Å². The molecule has 0 aliphatic carbocycles. The van der Waals surface area contributed by atoms with Crippen molar-refractivity contribution in [2.24, 2.45) is 11.8 Å². The molecule has 1 aliphatic rings. The zero-order valence-corrected chi connectivity index (χ0v) is 18.3. The van der Waals surface area contributed by atoms with E-state index in [0.29, 0.717) is 30.4 Å². The minimum Gasteiger partial charge on any atom is -0.300 e. The van der Waals surface area contributed by atoms with Gasteiger partial charge in [-0.1, -0.05) is 55.1 Å². The van der Waals surface area contributed by atoms with Crippen LogP contribution >= 0.6 is 23.1 Å². The molecule has 0 unspecified atom stereocenters. The van der Waals surface area contributed by atoms with Crippen molar-refractivity contribution in [1.29, 1.82) is 0 Å². The summed E-state index contributed by atoms with van der Waals surface area (Å²) in [6.07, 6.45) is 1.30. The lowest BCUT2D eigenvalue weighted by atomic mass is 9.99. The average Bonchev–Trinajstić information content (AvgIpc) is 3.14. The largest absolute Gasteiger partial charge is 0.300 e. The molecule has 1 saturated heterocycles. The summed E-state index contributed by atoms with van der Waals surface area (Å²) in [6, 6.07) is 8.34. The van der Waals surface area contributed by atoms with E-state index in [9.17, 15) is 13.2 Å². The van der Waals surface area contributed by atoms with Gasteiger partial charge in [0.25, 0.3) is 0 Å². The Hall–Kier alpha value is -1.49. The number of thioether (sulfide) groups is 1. The molecule has 2 aromatic rings. The number of hydrogen-bond donors (Lipinski definition) is 1. The van der Waals surface area contributed by atoms with Crippen LogP contribution in [0.3, 0.4) is 0 Å². The van der Waals surface area contributed by atoms with Crippen LogP contribution in [-0.2, 0) is 14.8 Å². The summed E-state index contributed by atoms with van der Waals surface area (Å²) in [5.41, 5.74) is 0. The Bertz CT molecular complexity index is 900. The summed E-state index contributed by atoms with van der Waals surface area (Å²) in [5.74, 6) is 0.886. The molecule has 1 N–H and O–H groups in total. The Labute approximate surface area is 174 Å². The standard InChI is InChI=1S/C18H24N4O3S3/c1-13(2)12-26-18-21-20-17(27-18)19-16(23)14-7-6-10-22(11-14)28(24,25)15-8-4-3-5-9-15/h3-5,8-9,13-14H,6-7,10-12H2,1-2H3,(H,19,20,23)/t14-/m0/s1. The zero-order valence-electron chi connectivity index (χ0n) is 15.9. The van der Waals surface area contributed by atoms with Crippen LogP contribution in [-0.4, -0.2) is 47.7 Å². The molecule has 0 bridgehead atoms. The number of aromatic nitrogens is 2. The van der Waals surface area contributed by atoms with Gasteiger partial charge in [-0.05, 0) is 30.9 Å². The molecule has 1 aliphatic heterocycles. The van der Waals surface area contributed by atoms with Crippen LogP contribution in [0.5, 0.6) is 0 Å². The molecule has 1 amide bonds. The van der Waals surface area contributed by atoms with Gasteiger partial charge in [0.15, 0.2) is 4.34 Å². The number of amides is 1. The fourth-order valence-electron chi connectivity index (χ4n) is 2.88. The van der Waals surface area contributed by atoms with Crippen LogP contribution < -0.4 is 5.32 Å². The molecule has 1 aromatic heterocycles. The first-order valence-corrected chi connectivity index (χ1v) is 12.4. The SMILES string of the molecule is CC(C)CSc1nnc(NC(=O)[C@H]2CCCN(S(=O)(=O)c3ccccc3)C2)s1. The number of piperidine rings is 1. The summed E-state index contributed by atoms with van der Waals surface area (Å²) in [4.78, 5) is 12.9. The molecule has 28 heavy (non-hydrogen) atoms. The number of rotatable bonds is 7. The van der Waals surface area contributed by atoms with E-state index in [1.54, 1.807) is 42.1 Å².